The summed E-state index contributed by atoms with van der Waals surface area (Å²) in [5.41, 5.74) is 4.66. The van der Waals surface area contributed by atoms with E-state index in [1.165, 1.54) is 0 Å². The maximum atomic E-state index is 13.1. The number of nitrogens with zero attached hydrogens (tertiary/aromatic N) is 4. The Kier molecular flexibility index (Phi) is 5.39. The second-order valence-electron chi connectivity index (χ2n) is 8.51. The Bertz CT molecular complexity index is 1230. The fraction of sp³-hybridized carbons (Fsp3) is 0.320. The zero-order valence-corrected chi connectivity index (χ0v) is 18.4. The third kappa shape index (κ3) is 4.10. The average Bonchev–Trinajstić information content (AvgIpc) is 3.46. The summed E-state index contributed by atoms with van der Waals surface area (Å²) in [6.45, 7) is 5.70. The zero-order valence-electron chi connectivity index (χ0n) is 18.4. The minimum Gasteiger partial charge on any atom is -0.471 e. The van der Waals surface area contributed by atoms with Gasteiger partial charge >= 0.3 is 0 Å². The number of hydrogen-bond acceptors (Lipinski definition) is 4. The van der Waals surface area contributed by atoms with E-state index in [2.05, 4.69) is 16.1 Å². The Morgan fingerprint density at radius 3 is 2.94 bits per heavy atom. The first-order valence-corrected chi connectivity index (χ1v) is 11.0. The van der Waals surface area contributed by atoms with E-state index < -0.39 is 0 Å². The number of imidazole rings is 1. The lowest BCUT2D eigenvalue weighted by Gasteiger charge is -2.31. The number of nitrogens with one attached hydrogen (secondary N) is 1. The van der Waals surface area contributed by atoms with Crippen LogP contribution in [0.5, 0.6) is 5.75 Å². The average molecular weight is 430 g/mol. The quantitative estimate of drug-likeness (QED) is 0.509. The normalized spacial score (nSPS) is 16.4. The number of para-hydroxylation sites is 2. The summed E-state index contributed by atoms with van der Waals surface area (Å²) < 4.78 is 7.57. The van der Waals surface area contributed by atoms with E-state index in [1.54, 1.807) is 16.9 Å². The fourth-order valence-corrected chi connectivity index (χ4v) is 4.26. The zero-order chi connectivity index (χ0) is 22.1. The van der Waals surface area contributed by atoms with Gasteiger partial charge in [-0.05, 0) is 62.1 Å². The number of aryl methyl sites for hydroxylation is 2. The molecule has 0 radical (unpaired) electrons. The summed E-state index contributed by atoms with van der Waals surface area (Å²) in [4.78, 5) is 23.2. The first-order valence-electron chi connectivity index (χ1n) is 11.0. The molecule has 2 aromatic heterocycles. The van der Waals surface area contributed by atoms with Gasteiger partial charge < -0.3 is 14.6 Å². The summed E-state index contributed by atoms with van der Waals surface area (Å²) in [7, 11) is 0. The largest absolute Gasteiger partial charge is 0.471 e. The molecule has 3 heterocycles. The summed E-state index contributed by atoms with van der Waals surface area (Å²) in [6.07, 6.45) is 3.75. The van der Waals surface area contributed by atoms with Crippen LogP contribution in [-0.2, 0) is 6.73 Å². The third-order valence-electron chi connectivity index (χ3n) is 6.06. The number of fused-ring (bicyclic) bond motifs is 1. The highest BCUT2D eigenvalue weighted by molar-refractivity contribution is 5.92. The lowest BCUT2D eigenvalue weighted by Crippen LogP contribution is -2.39. The second-order valence-corrected chi connectivity index (χ2v) is 8.51. The Morgan fingerprint density at radius 1 is 1.19 bits per heavy atom. The maximum absolute atomic E-state index is 13.1. The van der Waals surface area contributed by atoms with Gasteiger partial charge in [0.15, 0.2) is 12.4 Å². The molecule has 0 aliphatic carbocycles. The predicted molar refractivity (Wildman–Crippen MR) is 123 cm³/mol. The minimum absolute atomic E-state index is 0.0451. The number of carbonyl (C=O) groups excluding carboxylic acids is 1. The van der Waals surface area contributed by atoms with Gasteiger partial charge in [-0.15, -0.1) is 0 Å². The van der Waals surface area contributed by atoms with Crippen LogP contribution in [0, 0.1) is 13.8 Å². The third-order valence-corrected chi connectivity index (χ3v) is 6.06. The lowest BCUT2D eigenvalue weighted by atomic mass is 9.97. The van der Waals surface area contributed by atoms with Crippen LogP contribution in [0.3, 0.4) is 0 Å². The van der Waals surface area contributed by atoms with Crippen LogP contribution in [-0.4, -0.2) is 43.6 Å². The van der Waals surface area contributed by atoms with Crippen LogP contribution in [0.15, 0.2) is 54.7 Å². The second kappa shape index (κ2) is 8.49. The lowest BCUT2D eigenvalue weighted by molar-refractivity contribution is 0.0697. The topological polar surface area (TPSA) is 76.0 Å². The number of amides is 1. The van der Waals surface area contributed by atoms with Gasteiger partial charge in [0, 0.05) is 25.2 Å². The highest BCUT2D eigenvalue weighted by Crippen LogP contribution is 2.27. The van der Waals surface area contributed by atoms with E-state index in [0.29, 0.717) is 12.2 Å². The molecule has 5 rings (SSSR count). The van der Waals surface area contributed by atoms with Crippen molar-refractivity contribution in [2.45, 2.75) is 39.3 Å². The van der Waals surface area contributed by atoms with Crippen molar-refractivity contribution < 1.29 is 9.53 Å². The molecule has 164 valence electrons. The summed E-state index contributed by atoms with van der Waals surface area (Å²) in [5, 5.41) is 4.46. The van der Waals surface area contributed by atoms with Crippen molar-refractivity contribution in [3.63, 3.8) is 0 Å². The van der Waals surface area contributed by atoms with Crippen molar-refractivity contribution >= 4 is 16.9 Å². The molecule has 7 nitrogen and oxygen atoms in total. The fourth-order valence-electron chi connectivity index (χ4n) is 4.26. The predicted octanol–water partition coefficient (Wildman–Crippen LogP) is 4.43. The van der Waals surface area contributed by atoms with Crippen LogP contribution in [0.2, 0.25) is 0 Å². The standard InChI is InChI=1S/C25H27N5O2/c1-17-9-10-18(2)23(14-17)32-16-30-13-11-22(28-30)25(31)29-12-5-6-19(15-29)24-26-20-7-3-4-8-21(20)27-24/h3-4,7-11,13-14,19H,5-6,12,15-16H2,1-2H3,(H,26,27). The molecule has 1 unspecified atom stereocenters. The Morgan fingerprint density at radius 2 is 2.06 bits per heavy atom. The summed E-state index contributed by atoms with van der Waals surface area (Å²) >= 11 is 0. The number of aromatic nitrogens is 4. The molecule has 1 aliphatic rings. The summed E-state index contributed by atoms with van der Waals surface area (Å²) in [6, 6.07) is 15.9. The number of H-pyrrole nitrogens is 1. The monoisotopic (exact) mass is 429 g/mol. The van der Waals surface area contributed by atoms with E-state index in [-0.39, 0.29) is 18.6 Å². The van der Waals surface area contributed by atoms with Crippen molar-refractivity contribution in [1.82, 2.24) is 24.6 Å². The van der Waals surface area contributed by atoms with Gasteiger partial charge in [-0.25, -0.2) is 9.67 Å². The van der Waals surface area contributed by atoms with Gasteiger partial charge in [0.25, 0.3) is 5.91 Å². The smallest absolute Gasteiger partial charge is 0.274 e. The van der Waals surface area contributed by atoms with Crippen LogP contribution in [0.4, 0.5) is 0 Å². The molecule has 1 saturated heterocycles. The molecule has 0 saturated carbocycles. The molecular weight excluding hydrogens is 402 g/mol. The van der Waals surface area contributed by atoms with Crippen LogP contribution >= 0.6 is 0 Å². The highest BCUT2D eigenvalue weighted by Gasteiger charge is 2.28. The minimum atomic E-state index is -0.0451. The number of carbonyl (C=O) groups is 1. The molecule has 2 aromatic carbocycles. The molecule has 7 heteroatoms. The van der Waals surface area contributed by atoms with Gasteiger partial charge in [0.2, 0.25) is 0 Å². The summed E-state index contributed by atoms with van der Waals surface area (Å²) in [5.74, 6) is 1.94. The molecular formula is C25H27N5O2. The maximum Gasteiger partial charge on any atom is 0.274 e. The van der Waals surface area contributed by atoms with Gasteiger partial charge in [-0.3, -0.25) is 4.79 Å². The van der Waals surface area contributed by atoms with E-state index in [0.717, 1.165) is 53.1 Å². The number of aromatic amines is 1. The Labute approximate surface area is 187 Å². The molecule has 1 N–H and O–H groups in total. The Balaban J connectivity index is 1.25. The van der Waals surface area contributed by atoms with E-state index >= 15 is 0 Å². The molecule has 0 spiro atoms. The number of likely N-dealkylation sites (tertiary alicyclic amines) is 1. The number of ether oxygens (including phenoxy) is 1. The molecule has 1 atom stereocenters. The van der Waals surface area contributed by atoms with Gasteiger partial charge in [0.1, 0.15) is 11.6 Å². The molecule has 0 bridgehead atoms. The molecule has 4 aromatic rings. The number of benzene rings is 2. The van der Waals surface area contributed by atoms with Crippen LogP contribution in [0.1, 0.15) is 46.2 Å². The molecule has 1 fully saturated rings. The van der Waals surface area contributed by atoms with Crippen molar-refractivity contribution in [2.75, 3.05) is 13.1 Å². The van der Waals surface area contributed by atoms with Crippen LogP contribution < -0.4 is 4.74 Å². The highest BCUT2D eigenvalue weighted by atomic mass is 16.5. The van der Waals surface area contributed by atoms with Crippen molar-refractivity contribution in [2.24, 2.45) is 0 Å². The molecule has 1 amide bonds. The number of piperidine rings is 1. The first-order chi connectivity index (χ1) is 15.6. The first kappa shape index (κ1) is 20.3. The van der Waals surface area contributed by atoms with Crippen LogP contribution in [0.25, 0.3) is 11.0 Å². The van der Waals surface area contributed by atoms with Gasteiger partial charge in [-0.2, -0.15) is 5.10 Å². The number of hydrogen-bond donors (Lipinski definition) is 1. The van der Waals surface area contributed by atoms with Crippen molar-refractivity contribution in [3.8, 4) is 5.75 Å². The van der Waals surface area contributed by atoms with Crippen molar-refractivity contribution in [3.05, 3.63) is 77.4 Å². The SMILES string of the molecule is Cc1ccc(C)c(OCn2ccc(C(=O)N3CCCC(c4nc5ccccc5[nH]4)C3)n2)c1. The molecule has 1 aliphatic heterocycles. The van der Waals surface area contributed by atoms with E-state index in [1.807, 2.05) is 55.1 Å². The molecule has 32 heavy (non-hydrogen) atoms. The van der Waals surface area contributed by atoms with E-state index in [9.17, 15) is 4.79 Å². The van der Waals surface area contributed by atoms with Gasteiger partial charge in [-0.1, -0.05) is 24.3 Å². The number of rotatable bonds is 5. The van der Waals surface area contributed by atoms with E-state index in [4.69, 9.17) is 9.72 Å². The van der Waals surface area contributed by atoms with Crippen molar-refractivity contribution in [1.29, 1.82) is 0 Å². The van der Waals surface area contributed by atoms with Gasteiger partial charge in [0.05, 0.1) is 11.0 Å². The Hall–Kier alpha value is -3.61.